The van der Waals surface area contributed by atoms with E-state index in [1.54, 1.807) is 11.3 Å². The predicted octanol–water partition coefficient (Wildman–Crippen LogP) is 2.12. The molecular formula is C15H22N4OS. The molecule has 0 unspecified atom stereocenters. The van der Waals surface area contributed by atoms with Gasteiger partial charge in [0, 0.05) is 35.6 Å². The summed E-state index contributed by atoms with van der Waals surface area (Å²) in [7, 11) is 0. The summed E-state index contributed by atoms with van der Waals surface area (Å²) in [5.74, 6) is 0.733. The zero-order valence-electron chi connectivity index (χ0n) is 12.6. The average molecular weight is 306 g/mol. The Kier molecular flexibility index (Phi) is 4.37. The van der Waals surface area contributed by atoms with Crippen LogP contribution in [-0.4, -0.2) is 26.5 Å². The number of hydrogen-bond donors (Lipinski definition) is 2. The number of rotatable bonds is 7. The molecule has 0 radical (unpaired) electrons. The van der Waals surface area contributed by atoms with E-state index >= 15 is 0 Å². The molecule has 114 valence electrons. The first-order chi connectivity index (χ1) is 10.2. The molecule has 1 saturated carbocycles. The lowest BCUT2D eigenvalue weighted by Gasteiger charge is -2.05. The van der Waals surface area contributed by atoms with Gasteiger partial charge in [0.2, 0.25) is 0 Å². The molecule has 0 aromatic carbocycles. The first kappa shape index (κ1) is 14.7. The Morgan fingerprint density at radius 2 is 2.19 bits per heavy atom. The largest absolute Gasteiger partial charge is 0.394 e. The highest BCUT2D eigenvalue weighted by molar-refractivity contribution is 7.09. The Labute approximate surface area is 129 Å². The van der Waals surface area contributed by atoms with Crippen LogP contribution in [0.15, 0.2) is 5.38 Å². The van der Waals surface area contributed by atoms with Crippen LogP contribution in [0.4, 0.5) is 0 Å². The van der Waals surface area contributed by atoms with Crippen LogP contribution in [0.2, 0.25) is 0 Å². The molecule has 0 bridgehead atoms. The number of aliphatic hydroxyl groups is 1. The van der Waals surface area contributed by atoms with Crippen molar-refractivity contribution < 1.29 is 5.11 Å². The lowest BCUT2D eigenvalue weighted by Crippen LogP contribution is -2.14. The summed E-state index contributed by atoms with van der Waals surface area (Å²) in [6.07, 6.45) is 2.61. The standard InChI is InChI=1S/C15H22N4OS/c1-10-13(11(2)19(18-10)5-6-20)7-16-8-15-17-14(9-21-15)12-3-4-12/h9,12,16,20H,3-8H2,1-2H3. The first-order valence-corrected chi connectivity index (χ1v) is 8.35. The molecule has 6 heteroatoms. The molecule has 0 amide bonds. The highest BCUT2D eigenvalue weighted by Crippen LogP contribution is 2.40. The van der Waals surface area contributed by atoms with E-state index in [-0.39, 0.29) is 6.61 Å². The van der Waals surface area contributed by atoms with E-state index in [0.29, 0.717) is 6.54 Å². The molecule has 1 aliphatic rings. The predicted molar refractivity (Wildman–Crippen MR) is 83.4 cm³/mol. The monoisotopic (exact) mass is 306 g/mol. The minimum Gasteiger partial charge on any atom is -0.394 e. The van der Waals surface area contributed by atoms with Crippen LogP contribution in [0.1, 0.15) is 46.4 Å². The van der Waals surface area contributed by atoms with Crippen molar-refractivity contribution in [1.29, 1.82) is 0 Å². The maximum atomic E-state index is 9.04. The van der Waals surface area contributed by atoms with Crippen molar-refractivity contribution >= 4 is 11.3 Å². The number of hydrogen-bond acceptors (Lipinski definition) is 5. The highest BCUT2D eigenvalue weighted by atomic mass is 32.1. The van der Waals surface area contributed by atoms with Gasteiger partial charge in [0.05, 0.1) is 24.5 Å². The first-order valence-electron chi connectivity index (χ1n) is 7.47. The second kappa shape index (κ2) is 6.25. The van der Waals surface area contributed by atoms with Crippen molar-refractivity contribution in [2.24, 2.45) is 0 Å². The molecule has 0 atom stereocenters. The van der Waals surface area contributed by atoms with Gasteiger partial charge in [-0.1, -0.05) is 0 Å². The molecule has 0 spiro atoms. The molecule has 0 aliphatic heterocycles. The molecule has 1 aliphatic carbocycles. The molecule has 3 rings (SSSR count). The van der Waals surface area contributed by atoms with Crippen molar-refractivity contribution in [2.45, 2.75) is 52.2 Å². The highest BCUT2D eigenvalue weighted by Gasteiger charge is 2.25. The van der Waals surface area contributed by atoms with Crippen LogP contribution in [0.3, 0.4) is 0 Å². The number of thiazole rings is 1. The molecule has 0 saturated heterocycles. The zero-order chi connectivity index (χ0) is 14.8. The number of aryl methyl sites for hydroxylation is 1. The minimum atomic E-state index is 0.123. The number of aliphatic hydroxyl groups excluding tert-OH is 1. The lowest BCUT2D eigenvalue weighted by atomic mass is 10.2. The van der Waals surface area contributed by atoms with Crippen molar-refractivity contribution in [3.05, 3.63) is 33.0 Å². The Morgan fingerprint density at radius 1 is 1.38 bits per heavy atom. The van der Waals surface area contributed by atoms with Gasteiger partial charge in [-0.3, -0.25) is 4.68 Å². The van der Waals surface area contributed by atoms with Gasteiger partial charge in [-0.25, -0.2) is 4.98 Å². The Morgan fingerprint density at radius 3 is 2.90 bits per heavy atom. The Bertz CT molecular complexity index is 615. The quantitative estimate of drug-likeness (QED) is 0.822. The lowest BCUT2D eigenvalue weighted by molar-refractivity contribution is 0.267. The second-order valence-electron chi connectivity index (χ2n) is 5.64. The molecule has 1 fully saturated rings. The fourth-order valence-electron chi connectivity index (χ4n) is 2.57. The van der Waals surface area contributed by atoms with Crippen LogP contribution < -0.4 is 5.32 Å². The summed E-state index contributed by atoms with van der Waals surface area (Å²) in [5, 5.41) is 20.3. The maximum Gasteiger partial charge on any atom is 0.107 e. The number of aromatic nitrogens is 3. The summed E-state index contributed by atoms with van der Waals surface area (Å²) in [4.78, 5) is 4.69. The number of nitrogens with zero attached hydrogens (tertiary/aromatic N) is 3. The fraction of sp³-hybridized carbons (Fsp3) is 0.600. The van der Waals surface area contributed by atoms with E-state index in [9.17, 15) is 0 Å². The summed E-state index contributed by atoms with van der Waals surface area (Å²) in [5.41, 5.74) is 4.67. The van der Waals surface area contributed by atoms with Crippen LogP contribution >= 0.6 is 11.3 Å². The van der Waals surface area contributed by atoms with E-state index in [1.165, 1.54) is 24.1 Å². The molecule has 21 heavy (non-hydrogen) atoms. The van der Waals surface area contributed by atoms with Crippen LogP contribution in [0.25, 0.3) is 0 Å². The SMILES string of the molecule is Cc1nn(CCO)c(C)c1CNCc1nc(C2CC2)cs1. The smallest absolute Gasteiger partial charge is 0.107 e. The van der Waals surface area contributed by atoms with Crippen molar-refractivity contribution in [1.82, 2.24) is 20.1 Å². The summed E-state index contributed by atoms with van der Waals surface area (Å²) in [6.45, 7) is 6.36. The van der Waals surface area contributed by atoms with E-state index in [4.69, 9.17) is 5.11 Å². The van der Waals surface area contributed by atoms with Crippen LogP contribution in [0, 0.1) is 13.8 Å². The van der Waals surface area contributed by atoms with Gasteiger partial charge in [-0.2, -0.15) is 5.10 Å². The molecule has 2 N–H and O–H groups in total. The normalized spacial score (nSPS) is 14.8. The van der Waals surface area contributed by atoms with Gasteiger partial charge in [0.25, 0.3) is 0 Å². The molecule has 2 heterocycles. The van der Waals surface area contributed by atoms with Crippen molar-refractivity contribution in [2.75, 3.05) is 6.61 Å². The summed E-state index contributed by atoms with van der Waals surface area (Å²) >= 11 is 1.75. The topological polar surface area (TPSA) is 63.0 Å². The maximum absolute atomic E-state index is 9.04. The number of nitrogens with one attached hydrogen (secondary N) is 1. The second-order valence-corrected chi connectivity index (χ2v) is 6.58. The van der Waals surface area contributed by atoms with E-state index in [2.05, 4.69) is 27.7 Å². The Hall–Kier alpha value is -1.24. The third kappa shape index (κ3) is 3.33. The molecule has 2 aromatic rings. The molecular weight excluding hydrogens is 284 g/mol. The van der Waals surface area contributed by atoms with Crippen molar-refractivity contribution in [3.63, 3.8) is 0 Å². The van der Waals surface area contributed by atoms with Crippen LogP contribution in [-0.2, 0) is 19.6 Å². The minimum absolute atomic E-state index is 0.123. The average Bonchev–Trinajstić information content (AvgIpc) is 3.15. The third-order valence-electron chi connectivity index (χ3n) is 3.99. The van der Waals surface area contributed by atoms with E-state index < -0.39 is 0 Å². The molecule has 2 aromatic heterocycles. The zero-order valence-corrected chi connectivity index (χ0v) is 13.4. The Balaban J connectivity index is 1.56. The fourth-order valence-corrected chi connectivity index (χ4v) is 3.42. The van der Waals surface area contributed by atoms with Gasteiger partial charge >= 0.3 is 0 Å². The van der Waals surface area contributed by atoms with Gasteiger partial charge in [0.15, 0.2) is 0 Å². The molecule has 5 nitrogen and oxygen atoms in total. The summed E-state index contributed by atoms with van der Waals surface area (Å²) < 4.78 is 1.88. The van der Waals surface area contributed by atoms with Gasteiger partial charge in [-0.15, -0.1) is 11.3 Å². The van der Waals surface area contributed by atoms with Gasteiger partial charge in [-0.05, 0) is 26.7 Å². The van der Waals surface area contributed by atoms with Crippen molar-refractivity contribution in [3.8, 4) is 0 Å². The third-order valence-corrected chi connectivity index (χ3v) is 4.85. The van der Waals surface area contributed by atoms with Gasteiger partial charge in [0.1, 0.15) is 5.01 Å². The van der Waals surface area contributed by atoms with E-state index in [0.717, 1.165) is 35.4 Å². The van der Waals surface area contributed by atoms with E-state index in [1.807, 2.05) is 11.6 Å². The van der Waals surface area contributed by atoms with Crippen LogP contribution in [0.5, 0.6) is 0 Å². The van der Waals surface area contributed by atoms with Gasteiger partial charge < -0.3 is 10.4 Å². The summed E-state index contributed by atoms with van der Waals surface area (Å²) in [6, 6.07) is 0.